The predicted octanol–water partition coefficient (Wildman–Crippen LogP) is 2.72. The van der Waals surface area contributed by atoms with Crippen LogP contribution in [-0.2, 0) is 0 Å². The Morgan fingerprint density at radius 3 is 1.69 bits per heavy atom. The monoisotopic (exact) mass is 212 g/mol. The van der Waals surface area contributed by atoms with Crippen LogP contribution in [-0.4, -0.2) is 10.2 Å². The summed E-state index contributed by atoms with van der Waals surface area (Å²) in [7, 11) is 0. The maximum atomic E-state index is 6.50. The van der Waals surface area contributed by atoms with E-state index in [0.29, 0.717) is 0 Å². The van der Waals surface area contributed by atoms with Crippen LogP contribution in [0.5, 0.6) is 0 Å². The third kappa shape index (κ3) is 1.86. The number of nitrogens with two attached hydrogens (primary N) is 1. The molecule has 16 heavy (non-hydrogen) atoms. The number of benzene rings is 2. The van der Waals surface area contributed by atoms with Gasteiger partial charge in [0.1, 0.15) is 0 Å². The van der Waals surface area contributed by atoms with Crippen molar-refractivity contribution in [2.75, 3.05) is 0 Å². The minimum atomic E-state index is 1.06. The lowest BCUT2D eigenvalue weighted by Gasteiger charge is -1.99. The summed E-state index contributed by atoms with van der Waals surface area (Å²) in [5.74, 6) is 3.50. The fourth-order valence-corrected chi connectivity index (χ4v) is 1.72. The van der Waals surface area contributed by atoms with Crippen molar-refractivity contribution in [3.05, 3.63) is 54.6 Å². The molecule has 0 radical (unpaired) electrons. The molecule has 0 fully saturated rings. The summed E-state index contributed by atoms with van der Waals surface area (Å²) in [6.45, 7) is 0. The van der Waals surface area contributed by atoms with E-state index < -0.39 is 0 Å². The zero-order valence-electron chi connectivity index (χ0n) is 8.67. The Kier molecular flexibility index (Phi) is 3.10. The first kappa shape index (κ1) is 10.5. The largest absolute Gasteiger partial charge is 0.320 e. The molecule has 0 aliphatic rings. The average Bonchev–Trinajstić information content (AvgIpc) is 2.38. The van der Waals surface area contributed by atoms with Crippen LogP contribution in [0.25, 0.3) is 21.8 Å². The van der Waals surface area contributed by atoms with Crippen LogP contribution in [0.15, 0.2) is 54.6 Å². The minimum Gasteiger partial charge on any atom is -0.320 e. The van der Waals surface area contributed by atoms with Crippen molar-refractivity contribution >= 4 is 21.8 Å². The van der Waals surface area contributed by atoms with Gasteiger partial charge in [-0.25, -0.2) is 10.9 Å². The van der Waals surface area contributed by atoms with Crippen LogP contribution in [0.4, 0.5) is 0 Å². The molecule has 0 atom stereocenters. The van der Waals surface area contributed by atoms with Gasteiger partial charge in [0, 0.05) is 10.8 Å². The molecule has 0 saturated heterocycles. The van der Waals surface area contributed by atoms with Crippen LogP contribution in [0, 0.1) is 0 Å². The van der Waals surface area contributed by atoms with E-state index >= 15 is 0 Å². The summed E-state index contributed by atoms with van der Waals surface area (Å²) in [4.78, 5) is 4.58. The van der Waals surface area contributed by atoms with Crippen molar-refractivity contribution in [1.29, 1.82) is 0 Å². The lowest BCUT2D eigenvalue weighted by Crippen LogP contribution is -1.80. The highest BCUT2D eigenvalue weighted by atomic mass is 16.4. The van der Waals surface area contributed by atoms with Gasteiger partial charge in [-0.15, -0.1) is 0 Å². The SMILES string of the molecule is NO.c1ccc2nc3ccccc3cc2c1. The Bertz CT molecular complexity index is 503. The number of nitrogens with zero attached hydrogens (tertiary/aromatic N) is 1. The molecule has 0 saturated carbocycles. The highest BCUT2D eigenvalue weighted by Crippen LogP contribution is 2.18. The maximum absolute atomic E-state index is 6.50. The van der Waals surface area contributed by atoms with Crippen molar-refractivity contribution < 1.29 is 5.21 Å². The van der Waals surface area contributed by atoms with E-state index in [0.717, 1.165) is 11.0 Å². The van der Waals surface area contributed by atoms with Crippen LogP contribution in [0.1, 0.15) is 0 Å². The summed E-state index contributed by atoms with van der Waals surface area (Å²) in [5, 5.41) is 8.90. The highest BCUT2D eigenvalue weighted by molar-refractivity contribution is 5.92. The van der Waals surface area contributed by atoms with Crippen LogP contribution < -0.4 is 5.90 Å². The smallest absolute Gasteiger partial charge is 0.0709 e. The van der Waals surface area contributed by atoms with Crippen LogP contribution in [0.3, 0.4) is 0 Å². The summed E-state index contributed by atoms with van der Waals surface area (Å²) in [6.07, 6.45) is 0. The lowest BCUT2D eigenvalue weighted by atomic mass is 10.1. The summed E-state index contributed by atoms with van der Waals surface area (Å²) in [6, 6.07) is 18.6. The standard InChI is InChI=1S/C13H9N.H3NO/c1-3-7-12-10(5-1)9-11-6-2-4-8-13(11)14-12;1-2/h1-9H;2H,1H2. The van der Waals surface area contributed by atoms with E-state index in [1.165, 1.54) is 10.8 Å². The van der Waals surface area contributed by atoms with Gasteiger partial charge in [0.2, 0.25) is 0 Å². The third-order valence-electron chi connectivity index (χ3n) is 2.43. The van der Waals surface area contributed by atoms with Gasteiger partial charge in [0.05, 0.1) is 11.0 Å². The van der Waals surface area contributed by atoms with Crippen LogP contribution >= 0.6 is 0 Å². The number of rotatable bonds is 0. The summed E-state index contributed by atoms with van der Waals surface area (Å²) < 4.78 is 0. The normalized spacial score (nSPS) is 9.88. The fraction of sp³-hybridized carbons (Fsp3) is 0. The number of fused-ring (bicyclic) bond motifs is 2. The first-order chi connectivity index (χ1) is 7.93. The van der Waals surface area contributed by atoms with Crippen LogP contribution in [0.2, 0.25) is 0 Å². The third-order valence-corrected chi connectivity index (χ3v) is 2.43. The van der Waals surface area contributed by atoms with E-state index in [-0.39, 0.29) is 0 Å². The Morgan fingerprint density at radius 2 is 1.19 bits per heavy atom. The first-order valence-corrected chi connectivity index (χ1v) is 4.94. The molecule has 0 aliphatic heterocycles. The molecular weight excluding hydrogens is 200 g/mol. The van der Waals surface area contributed by atoms with E-state index in [9.17, 15) is 0 Å². The Balaban J connectivity index is 0.000000457. The highest BCUT2D eigenvalue weighted by Gasteiger charge is 1.96. The molecule has 3 N–H and O–H groups in total. The average molecular weight is 212 g/mol. The van der Waals surface area contributed by atoms with Gasteiger partial charge >= 0.3 is 0 Å². The molecule has 0 unspecified atom stereocenters. The number of aromatic nitrogens is 1. The molecule has 0 spiro atoms. The maximum Gasteiger partial charge on any atom is 0.0709 e. The molecular formula is C13H12N2O. The first-order valence-electron chi connectivity index (χ1n) is 4.94. The van der Waals surface area contributed by atoms with Gasteiger partial charge in [-0.3, -0.25) is 0 Å². The zero-order valence-corrected chi connectivity index (χ0v) is 8.67. The van der Waals surface area contributed by atoms with Gasteiger partial charge in [-0.1, -0.05) is 36.4 Å². The molecule has 80 valence electrons. The van der Waals surface area contributed by atoms with Crippen molar-refractivity contribution in [2.45, 2.75) is 0 Å². The molecule has 1 aromatic heterocycles. The molecule has 3 nitrogen and oxygen atoms in total. The second-order valence-corrected chi connectivity index (χ2v) is 3.37. The van der Waals surface area contributed by atoms with Gasteiger partial charge < -0.3 is 5.21 Å². The Morgan fingerprint density at radius 1 is 0.750 bits per heavy atom. The van der Waals surface area contributed by atoms with E-state index in [1.807, 2.05) is 36.4 Å². The number of hydrogen-bond donors (Lipinski definition) is 2. The van der Waals surface area contributed by atoms with Gasteiger partial charge in [0.15, 0.2) is 0 Å². The Labute approximate surface area is 93.1 Å². The molecule has 0 aliphatic carbocycles. The summed E-state index contributed by atoms with van der Waals surface area (Å²) in [5.41, 5.74) is 2.12. The number of pyridine rings is 1. The molecule has 3 heteroatoms. The molecule has 1 heterocycles. The topological polar surface area (TPSA) is 59.1 Å². The molecule has 2 aromatic carbocycles. The van der Waals surface area contributed by atoms with Crippen molar-refractivity contribution in [1.82, 2.24) is 4.98 Å². The minimum absolute atomic E-state index is 1.06. The van der Waals surface area contributed by atoms with Gasteiger partial charge in [-0.05, 0) is 18.2 Å². The fourth-order valence-electron chi connectivity index (χ4n) is 1.72. The zero-order chi connectivity index (χ0) is 11.4. The second-order valence-electron chi connectivity index (χ2n) is 3.37. The molecule has 0 bridgehead atoms. The summed E-state index contributed by atoms with van der Waals surface area (Å²) >= 11 is 0. The van der Waals surface area contributed by atoms with Crippen molar-refractivity contribution in [2.24, 2.45) is 5.90 Å². The molecule has 0 amide bonds. The number of hydrogen-bond acceptors (Lipinski definition) is 3. The molecule has 3 rings (SSSR count). The van der Waals surface area contributed by atoms with Crippen molar-refractivity contribution in [3.63, 3.8) is 0 Å². The second kappa shape index (κ2) is 4.70. The lowest BCUT2D eigenvalue weighted by molar-refractivity contribution is 0.311. The van der Waals surface area contributed by atoms with Gasteiger partial charge in [-0.2, -0.15) is 0 Å². The van der Waals surface area contributed by atoms with Gasteiger partial charge in [0.25, 0.3) is 0 Å². The van der Waals surface area contributed by atoms with E-state index in [2.05, 4.69) is 29.1 Å². The quantitative estimate of drug-likeness (QED) is 0.445. The Hall–Kier alpha value is -1.97. The molecule has 3 aromatic rings. The predicted molar refractivity (Wildman–Crippen MR) is 65.2 cm³/mol. The van der Waals surface area contributed by atoms with Crippen molar-refractivity contribution in [3.8, 4) is 0 Å². The van der Waals surface area contributed by atoms with E-state index in [4.69, 9.17) is 5.21 Å². The van der Waals surface area contributed by atoms with E-state index in [1.54, 1.807) is 0 Å². The number of para-hydroxylation sites is 2.